The molecule has 3 aliphatic rings. The summed E-state index contributed by atoms with van der Waals surface area (Å²) < 4.78 is 5.57. The Balaban J connectivity index is 1.43. The van der Waals surface area contributed by atoms with Crippen LogP contribution >= 0.6 is 0 Å². The zero-order valence-electron chi connectivity index (χ0n) is 13.0. The lowest BCUT2D eigenvalue weighted by Gasteiger charge is -2.34. The molecule has 0 aliphatic carbocycles. The fraction of sp³-hybridized carbons (Fsp3) is 1.00. The summed E-state index contributed by atoms with van der Waals surface area (Å²) in [6, 6.07) is 2.07. The minimum absolute atomic E-state index is 0.563. The molecular weight excluding hydrogens is 250 g/mol. The lowest BCUT2D eigenvalue weighted by Crippen LogP contribution is -2.46. The van der Waals surface area contributed by atoms with Crippen LogP contribution in [-0.2, 0) is 4.74 Å². The van der Waals surface area contributed by atoms with Crippen molar-refractivity contribution >= 4 is 0 Å². The lowest BCUT2D eigenvalue weighted by molar-refractivity contribution is 0.0631. The van der Waals surface area contributed by atoms with Crippen LogP contribution in [0.2, 0.25) is 0 Å². The molecule has 0 aromatic rings. The van der Waals surface area contributed by atoms with E-state index in [9.17, 15) is 0 Å². The van der Waals surface area contributed by atoms with Gasteiger partial charge >= 0.3 is 0 Å². The normalized spacial score (nSPS) is 35.2. The van der Waals surface area contributed by atoms with E-state index in [1.165, 1.54) is 58.3 Å². The highest BCUT2D eigenvalue weighted by molar-refractivity contribution is 4.88. The molecule has 4 heteroatoms. The first-order chi connectivity index (χ1) is 9.83. The number of nitrogens with zero attached hydrogens (tertiary/aromatic N) is 2. The number of rotatable bonds is 4. The molecule has 0 amide bonds. The van der Waals surface area contributed by atoms with Gasteiger partial charge in [0.25, 0.3) is 0 Å². The van der Waals surface area contributed by atoms with Gasteiger partial charge in [0.1, 0.15) is 0 Å². The molecule has 116 valence electrons. The van der Waals surface area contributed by atoms with Crippen LogP contribution in [0.1, 0.15) is 39.0 Å². The van der Waals surface area contributed by atoms with Gasteiger partial charge in [0.05, 0.1) is 13.2 Å². The van der Waals surface area contributed by atoms with Crippen molar-refractivity contribution in [3.8, 4) is 0 Å². The van der Waals surface area contributed by atoms with Crippen molar-refractivity contribution in [1.29, 1.82) is 0 Å². The van der Waals surface area contributed by atoms with Crippen LogP contribution in [0.4, 0.5) is 0 Å². The maximum Gasteiger partial charge on any atom is 0.0620 e. The van der Waals surface area contributed by atoms with Gasteiger partial charge in [0.15, 0.2) is 0 Å². The van der Waals surface area contributed by atoms with Crippen LogP contribution in [0.3, 0.4) is 0 Å². The molecule has 4 nitrogen and oxygen atoms in total. The number of likely N-dealkylation sites (tertiary alicyclic amines) is 2. The summed E-state index contributed by atoms with van der Waals surface area (Å²) in [6.45, 7) is 10.4. The number of piperidine rings is 1. The van der Waals surface area contributed by atoms with E-state index in [-0.39, 0.29) is 0 Å². The molecule has 1 N–H and O–H groups in total. The summed E-state index contributed by atoms with van der Waals surface area (Å²) in [5, 5.41) is 3.59. The summed E-state index contributed by atoms with van der Waals surface area (Å²) in [5.41, 5.74) is 0. The maximum atomic E-state index is 5.57. The molecule has 0 spiro atoms. The van der Waals surface area contributed by atoms with Crippen LogP contribution in [0.15, 0.2) is 0 Å². The van der Waals surface area contributed by atoms with E-state index >= 15 is 0 Å². The van der Waals surface area contributed by atoms with Gasteiger partial charge in [-0.25, -0.2) is 0 Å². The molecule has 0 saturated carbocycles. The Hall–Kier alpha value is -0.160. The van der Waals surface area contributed by atoms with E-state index in [0.29, 0.717) is 12.1 Å². The Bertz CT molecular complexity index is 287. The first-order valence-electron chi connectivity index (χ1n) is 8.62. The average molecular weight is 281 g/mol. The Morgan fingerprint density at radius 3 is 2.80 bits per heavy atom. The van der Waals surface area contributed by atoms with Gasteiger partial charge in [-0.05, 0) is 45.7 Å². The predicted molar refractivity (Wildman–Crippen MR) is 82.1 cm³/mol. The third-order valence-electron chi connectivity index (χ3n) is 5.35. The topological polar surface area (TPSA) is 27.7 Å². The number of hydrogen-bond donors (Lipinski definition) is 1. The van der Waals surface area contributed by atoms with Gasteiger partial charge in [0.2, 0.25) is 0 Å². The number of ether oxygens (including phenoxy) is 1. The smallest absolute Gasteiger partial charge is 0.0620 e. The Kier molecular flexibility index (Phi) is 5.32. The van der Waals surface area contributed by atoms with Gasteiger partial charge < -0.3 is 10.1 Å². The molecule has 3 heterocycles. The van der Waals surface area contributed by atoms with Crippen molar-refractivity contribution < 1.29 is 4.74 Å². The van der Waals surface area contributed by atoms with E-state index in [1.807, 2.05) is 0 Å². The van der Waals surface area contributed by atoms with Crippen molar-refractivity contribution in [1.82, 2.24) is 15.1 Å². The molecule has 3 aliphatic heterocycles. The van der Waals surface area contributed by atoms with Crippen LogP contribution in [0.5, 0.6) is 0 Å². The van der Waals surface area contributed by atoms with Gasteiger partial charge in [-0.15, -0.1) is 0 Å². The van der Waals surface area contributed by atoms with Crippen molar-refractivity contribution in [2.45, 2.75) is 57.2 Å². The summed E-state index contributed by atoms with van der Waals surface area (Å²) in [4.78, 5) is 5.45. The first-order valence-corrected chi connectivity index (χ1v) is 8.62. The van der Waals surface area contributed by atoms with Crippen LogP contribution < -0.4 is 5.32 Å². The fourth-order valence-electron chi connectivity index (χ4n) is 4.08. The monoisotopic (exact) mass is 281 g/mol. The van der Waals surface area contributed by atoms with Crippen molar-refractivity contribution in [2.24, 2.45) is 0 Å². The second-order valence-electron chi connectivity index (χ2n) is 6.84. The van der Waals surface area contributed by atoms with E-state index in [2.05, 4.69) is 22.0 Å². The van der Waals surface area contributed by atoms with E-state index in [0.717, 1.165) is 25.8 Å². The third kappa shape index (κ3) is 3.73. The summed E-state index contributed by atoms with van der Waals surface area (Å²) in [5.74, 6) is 0. The maximum absolute atomic E-state index is 5.57. The standard InChI is InChI=1S/C16H31N3O/c1-14(11-15-13-20-10-6-17-15)19-9-5-16(12-19)18-7-3-2-4-8-18/h14-17H,2-13H2,1H3. The lowest BCUT2D eigenvalue weighted by atomic mass is 10.1. The van der Waals surface area contributed by atoms with Gasteiger partial charge in [0, 0.05) is 37.8 Å². The van der Waals surface area contributed by atoms with E-state index in [4.69, 9.17) is 4.74 Å². The van der Waals surface area contributed by atoms with E-state index in [1.54, 1.807) is 0 Å². The quantitative estimate of drug-likeness (QED) is 0.841. The molecule has 3 rings (SSSR count). The zero-order valence-corrected chi connectivity index (χ0v) is 13.0. The zero-order chi connectivity index (χ0) is 13.8. The minimum Gasteiger partial charge on any atom is -0.379 e. The van der Waals surface area contributed by atoms with Gasteiger partial charge in [-0.2, -0.15) is 0 Å². The molecule has 0 radical (unpaired) electrons. The summed E-state index contributed by atoms with van der Waals surface area (Å²) >= 11 is 0. The van der Waals surface area contributed by atoms with Crippen LogP contribution in [-0.4, -0.2) is 73.9 Å². The van der Waals surface area contributed by atoms with Crippen molar-refractivity contribution in [2.75, 3.05) is 45.9 Å². The molecule has 3 saturated heterocycles. The Morgan fingerprint density at radius 1 is 1.20 bits per heavy atom. The second-order valence-corrected chi connectivity index (χ2v) is 6.84. The van der Waals surface area contributed by atoms with Gasteiger partial charge in [-0.1, -0.05) is 6.42 Å². The second kappa shape index (κ2) is 7.21. The Labute approximate surface area is 123 Å². The number of hydrogen-bond acceptors (Lipinski definition) is 4. The highest BCUT2D eigenvalue weighted by Crippen LogP contribution is 2.23. The predicted octanol–water partition coefficient (Wildman–Crippen LogP) is 1.31. The molecule has 0 aromatic carbocycles. The van der Waals surface area contributed by atoms with Crippen molar-refractivity contribution in [3.63, 3.8) is 0 Å². The third-order valence-corrected chi connectivity index (χ3v) is 5.35. The molecule has 3 fully saturated rings. The molecule has 0 aromatic heterocycles. The largest absolute Gasteiger partial charge is 0.379 e. The van der Waals surface area contributed by atoms with Crippen molar-refractivity contribution in [3.05, 3.63) is 0 Å². The van der Waals surface area contributed by atoms with Gasteiger partial charge in [-0.3, -0.25) is 9.80 Å². The molecule has 3 atom stereocenters. The fourth-order valence-corrected chi connectivity index (χ4v) is 4.08. The first kappa shape index (κ1) is 14.8. The van der Waals surface area contributed by atoms with E-state index < -0.39 is 0 Å². The number of nitrogens with one attached hydrogen (secondary N) is 1. The SMILES string of the molecule is CC(CC1COCCN1)N1CCC(N2CCCCC2)C1. The Morgan fingerprint density at radius 2 is 2.05 bits per heavy atom. The molecule has 3 unspecified atom stereocenters. The highest BCUT2D eigenvalue weighted by atomic mass is 16.5. The molecule has 0 bridgehead atoms. The van der Waals surface area contributed by atoms with Crippen LogP contribution in [0, 0.1) is 0 Å². The van der Waals surface area contributed by atoms with Crippen LogP contribution in [0.25, 0.3) is 0 Å². The molecular formula is C16H31N3O. The summed E-state index contributed by atoms with van der Waals surface area (Å²) in [6.07, 6.45) is 6.87. The average Bonchev–Trinajstić information content (AvgIpc) is 2.99. The highest BCUT2D eigenvalue weighted by Gasteiger charge is 2.31. The summed E-state index contributed by atoms with van der Waals surface area (Å²) in [7, 11) is 0. The molecule has 20 heavy (non-hydrogen) atoms. The number of morpholine rings is 1. The minimum atomic E-state index is 0.563.